The molecule has 2 aliphatic heterocycles. The minimum atomic E-state index is -0.754. The van der Waals surface area contributed by atoms with E-state index >= 15 is 0 Å². The predicted octanol–water partition coefficient (Wildman–Crippen LogP) is 4.86. The Hall–Kier alpha value is -1.70. The van der Waals surface area contributed by atoms with Gasteiger partial charge in [-0.15, -0.1) is 0 Å². The van der Waals surface area contributed by atoms with E-state index in [1.807, 2.05) is 9.80 Å². The van der Waals surface area contributed by atoms with Crippen molar-refractivity contribution in [3.63, 3.8) is 0 Å². The smallest absolute Gasteiger partial charge is 0.320 e. The van der Waals surface area contributed by atoms with Crippen LogP contribution < -0.4 is 0 Å². The molecule has 1 aliphatic carbocycles. The number of carbonyl (C=O) groups is 2. The quantitative estimate of drug-likeness (QED) is 0.579. The molecule has 36 heavy (non-hydrogen) atoms. The normalized spacial score (nSPS) is 25.8. The number of halogens is 2. The Morgan fingerprint density at radius 1 is 1.08 bits per heavy atom. The van der Waals surface area contributed by atoms with Crippen molar-refractivity contribution in [3.05, 3.63) is 34.6 Å². The van der Waals surface area contributed by atoms with Crippen LogP contribution in [-0.2, 0) is 9.59 Å². The van der Waals surface area contributed by atoms with E-state index in [0.717, 1.165) is 12.8 Å². The predicted molar refractivity (Wildman–Crippen MR) is 140 cm³/mol. The van der Waals surface area contributed by atoms with Crippen molar-refractivity contribution in [1.82, 2.24) is 14.7 Å². The summed E-state index contributed by atoms with van der Waals surface area (Å²) in [4.78, 5) is 32.1. The number of amides is 1. The Labute approximate surface area is 219 Å². The third kappa shape index (κ3) is 6.22. The molecule has 3 aliphatic rings. The minimum absolute atomic E-state index is 0.0416. The number of nitrogens with zero attached hydrogens (tertiary/aromatic N) is 3. The van der Waals surface area contributed by atoms with Crippen molar-refractivity contribution in [2.75, 3.05) is 39.3 Å². The van der Waals surface area contributed by atoms with Crippen LogP contribution in [0, 0.1) is 17.7 Å². The summed E-state index contributed by atoms with van der Waals surface area (Å²) in [7, 11) is 0. The van der Waals surface area contributed by atoms with Crippen molar-refractivity contribution in [1.29, 1.82) is 0 Å². The molecule has 8 heteroatoms. The van der Waals surface area contributed by atoms with Gasteiger partial charge in [-0.3, -0.25) is 19.4 Å². The first-order chi connectivity index (χ1) is 17.0. The van der Waals surface area contributed by atoms with Crippen molar-refractivity contribution >= 4 is 23.5 Å². The first kappa shape index (κ1) is 27.3. The second-order valence-corrected chi connectivity index (χ2v) is 12.3. The molecule has 1 amide bonds. The number of carboxylic acid groups (broad SMARTS) is 1. The summed E-state index contributed by atoms with van der Waals surface area (Å²) in [6.45, 7) is 9.68. The summed E-state index contributed by atoms with van der Waals surface area (Å²) in [6.07, 6.45) is 6.59. The number of hydrogen-bond acceptors (Lipinski definition) is 4. The van der Waals surface area contributed by atoms with Crippen molar-refractivity contribution in [2.24, 2.45) is 11.8 Å². The molecule has 1 N–H and O–H groups in total. The second kappa shape index (κ2) is 11.4. The molecular formula is C28H41ClFN3O3. The van der Waals surface area contributed by atoms with Gasteiger partial charge in [0.25, 0.3) is 0 Å². The summed E-state index contributed by atoms with van der Waals surface area (Å²) >= 11 is 6.00. The molecule has 0 bridgehead atoms. The molecule has 1 aromatic carbocycles. The molecule has 1 saturated carbocycles. The van der Waals surface area contributed by atoms with Gasteiger partial charge in [0, 0.05) is 55.7 Å². The van der Waals surface area contributed by atoms with Crippen LogP contribution in [0.15, 0.2) is 18.2 Å². The highest BCUT2D eigenvalue weighted by atomic mass is 35.5. The second-order valence-electron chi connectivity index (χ2n) is 11.9. The lowest BCUT2D eigenvalue weighted by atomic mass is 9.84. The number of carbonyl (C=O) groups excluding carboxylic acids is 1. The standard InChI is InChI=1S/C28H41ClFN3O3/c1-28(2,3)33-17-22(21-10-9-20(29)16-24(21)30)23(18-33)26(34)32-13-11-31(12-14-32)25(27(35)36)15-19-7-5-4-6-8-19/h9-10,16,19,22-23,25H,4-8,11-15,17-18H2,1-3H3,(H,35,36)/t22-,23+,25-/m0/s1. The number of carboxylic acids is 1. The van der Waals surface area contributed by atoms with Crippen molar-refractivity contribution < 1.29 is 19.1 Å². The monoisotopic (exact) mass is 521 g/mol. The Kier molecular flexibility index (Phi) is 8.63. The summed E-state index contributed by atoms with van der Waals surface area (Å²) in [5.74, 6) is -1.18. The molecule has 3 atom stereocenters. The Morgan fingerprint density at radius 2 is 1.75 bits per heavy atom. The molecule has 3 fully saturated rings. The highest BCUT2D eigenvalue weighted by Crippen LogP contribution is 2.39. The summed E-state index contributed by atoms with van der Waals surface area (Å²) in [5.41, 5.74) is 0.407. The summed E-state index contributed by atoms with van der Waals surface area (Å²) in [5, 5.41) is 10.3. The van der Waals surface area contributed by atoms with E-state index in [1.54, 1.807) is 12.1 Å². The van der Waals surface area contributed by atoms with Crippen LogP contribution in [0.4, 0.5) is 4.39 Å². The van der Waals surface area contributed by atoms with Crippen LogP contribution in [0.3, 0.4) is 0 Å². The highest BCUT2D eigenvalue weighted by molar-refractivity contribution is 6.30. The Balaban J connectivity index is 1.44. The molecule has 0 spiro atoms. The molecule has 6 nitrogen and oxygen atoms in total. The Morgan fingerprint density at radius 3 is 2.33 bits per heavy atom. The molecule has 200 valence electrons. The summed E-state index contributed by atoms with van der Waals surface area (Å²) < 4.78 is 14.9. The first-order valence-electron chi connectivity index (χ1n) is 13.5. The Bertz CT molecular complexity index is 938. The van der Waals surface area contributed by atoms with Crippen LogP contribution in [-0.4, -0.2) is 82.5 Å². The van der Waals surface area contributed by atoms with Crippen LogP contribution in [0.5, 0.6) is 0 Å². The fourth-order valence-electron chi connectivity index (χ4n) is 6.35. The van der Waals surface area contributed by atoms with Gasteiger partial charge in [0.05, 0.1) is 5.92 Å². The molecule has 1 aromatic rings. The molecule has 0 radical (unpaired) electrons. The molecular weight excluding hydrogens is 481 g/mol. The topological polar surface area (TPSA) is 64.1 Å². The van der Waals surface area contributed by atoms with E-state index in [-0.39, 0.29) is 29.1 Å². The number of hydrogen-bond donors (Lipinski definition) is 1. The maximum atomic E-state index is 14.9. The molecule has 4 rings (SSSR count). The fourth-order valence-corrected chi connectivity index (χ4v) is 6.51. The van der Waals surface area contributed by atoms with E-state index < -0.39 is 12.0 Å². The van der Waals surface area contributed by atoms with Gasteiger partial charge in [-0.05, 0) is 50.8 Å². The van der Waals surface area contributed by atoms with E-state index in [2.05, 4.69) is 25.7 Å². The van der Waals surface area contributed by atoms with Crippen LogP contribution in [0.1, 0.15) is 70.8 Å². The largest absolute Gasteiger partial charge is 0.480 e. The van der Waals surface area contributed by atoms with Gasteiger partial charge in [-0.1, -0.05) is 49.8 Å². The average molecular weight is 522 g/mol. The maximum Gasteiger partial charge on any atom is 0.320 e. The lowest BCUT2D eigenvalue weighted by molar-refractivity contribution is -0.146. The van der Waals surface area contributed by atoms with E-state index in [0.29, 0.717) is 62.2 Å². The third-order valence-corrected chi connectivity index (χ3v) is 8.82. The zero-order chi connectivity index (χ0) is 26.0. The molecule has 2 saturated heterocycles. The van der Waals surface area contributed by atoms with Crippen LogP contribution in [0.2, 0.25) is 5.02 Å². The number of rotatable bonds is 6. The maximum absolute atomic E-state index is 14.9. The molecule has 0 aromatic heterocycles. The number of piperazine rings is 1. The van der Waals surface area contributed by atoms with Gasteiger partial charge in [0.2, 0.25) is 5.91 Å². The van der Waals surface area contributed by atoms with Gasteiger partial charge in [-0.2, -0.15) is 0 Å². The van der Waals surface area contributed by atoms with E-state index in [1.165, 1.54) is 25.3 Å². The first-order valence-corrected chi connectivity index (χ1v) is 13.9. The van der Waals surface area contributed by atoms with E-state index in [9.17, 15) is 19.1 Å². The lowest BCUT2D eigenvalue weighted by Crippen LogP contribution is -2.55. The van der Waals surface area contributed by atoms with Crippen molar-refractivity contribution in [2.45, 2.75) is 76.8 Å². The minimum Gasteiger partial charge on any atom is -0.480 e. The SMILES string of the molecule is CC(C)(C)N1C[C@@H](C(=O)N2CCN([C@@H](CC3CCCCC3)C(=O)O)CC2)[C@H](c2ccc(Cl)cc2F)C1. The van der Waals surface area contributed by atoms with Gasteiger partial charge in [0.15, 0.2) is 0 Å². The van der Waals surface area contributed by atoms with Gasteiger partial charge >= 0.3 is 5.97 Å². The fraction of sp³-hybridized carbons (Fsp3) is 0.714. The highest BCUT2D eigenvalue weighted by Gasteiger charge is 2.45. The summed E-state index contributed by atoms with van der Waals surface area (Å²) in [6, 6.07) is 4.26. The lowest BCUT2D eigenvalue weighted by Gasteiger charge is -2.40. The molecule has 2 heterocycles. The number of likely N-dealkylation sites (tertiary alicyclic amines) is 1. The van der Waals surface area contributed by atoms with Crippen LogP contribution >= 0.6 is 11.6 Å². The molecule has 0 unspecified atom stereocenters. The van der Waals surface area contributed by atoms with Gasteiger partial charge in [-0.25, -0.2) is 4.39 Å². The third-order valence-electron chi connectivity index (χ3n) is 8.58. The van der Waals surface area contributed by atoms with Crippen molar-refractivity contribution in [3.8, 4) is 0 Å². The van der Waals surface area contributed by atoms with E-state index in [4.69, 9.17) is 11.6 Å². The van der Waals surface area contributed by atoms with Gasteiger partial charge < -0.3 is 10.0 Å². The zero-order valence-electron chi connectivity index (χ0n) is 21.9. The zero-order valence-corrected chi connectivity index (χ0v) is 22.6. The van der Waals surface area contributed by atoms with Gasteiger partial charge in [0.1, 0.15) is 11.9 Å². The average Bonchev–Trinajstić information content (AvgIpc) is 3.28. The number of benzene rings is 1. The number of aliphatic carboxylic acids is 1. The van der Waals surface area contributed by atoms with Crippen LogP contribution in [0.25, 0.3) is 0 Å².